The number of rotatable bonds is 5. The van der Waals surface area contributed by atoms with E-state index in [1.807, 2.05) is 30.7 Å². The number of hydrogen-bond donors (Lipinski definition) is 2. The molecule has 0 aliphatic rings. The molecule has 0 saturated heterocycles. The first-order valence-electron chi connectivity index (χ1n) is 6.56. The van der Waals surface area contributed by atoms with Crippen LogP contribution in [-0.4, -0.2) is 21.5 Å². The number of aryl methyl sites for hydroxylation is 2. The van der Waals surface area contributed by atoms with E-state index >= 15 is 0 Å². The molecule has 2 aromatic rings. The van der Waals surface area contributed by atoms with Crippen molar-refractivity contribution in [3.05, 3.63) is 46.8 Å². The van der Waals surface area contributed by atoms with Gasteiger partial charge < -0.3 is 10.4 Å². The van der Waals surface area contributed by atoms with Crippen LogP contribution in [0.4, 0.5) is 5.69 Å². The van der Waals surface area contributed by atoms with Crippen LogP contribution in [0.5, 0.6) is 0 Å². The van der Waals surface area contributed by atoms with Crippen LogP contribution in [0.3, 0.4) is 0 Å². The molecule has 1 aromatic heterocycles. The highest BCUT2D eigenvalue weighted by molar-refractivity contribution is 5.50. The second-order valence-electron chi connectivity index (χ2n) is 4.76. The van der Waals surface area contributed by atoms with Gasteiger partial charge in [0.25, 0.3) is 0 Å². The molecule has 0 radical (unpaired) electrons. The Hall–Kier alpha value is -1.81. The van der Waals surface area contributed by atoms with Gasteiger partial charge >= 0.3 is 0 Å². The van der Waals surface area contributed by atoms with E-state index in [1.165, 1.54) is 11.1 Å². The third kappa shape index (κ3) is 2.96. The minimum Gasteiger partial charge on any atom is -0.394 e. The molecule has 19 heavy (non-hydrogen) atoms. The van der Waals surface area contributed by atoms with E-state index < -0.39 is 0 Å². The summed E-state index contributed by atoms with van der Waals surface area (Å²) < 4.78 is 1.87. The molecule has 2 N–H and O–H groups in total. The molecule has 2 rings (SSSR count). The highest BCUT2D eigenvalue weighted by atomic mass is 16.3. The number of hydrogen-bond acceptors (Lipinski definition) is 3. The normalized spacial score (nSPS) is 10.7. The predicted molar refractivity (Wildman–Crippen MR) is 77.3 cm³/mol. The first-order chi connectivity index (χ1) is 9.13. The zero-order valence-corrected chi connectivity index (χ0v) is 11.8. The maximum atomic E-state index is 9.01. The quantitative estimate of drug-likeness (QED) is 0.867. The van der Waals surface area contributed by atoms with Gasteiger partial charge in [-0.15, -0.1) is 0 Å². The third-order valence-corrected chi connectivity index (χ3v) is 3.44. The van der Waals surface area contributed by atoms with Crippen LogP contribution in [0.25, 0.3) is 0 Å². The van der Waals surface area contributed by atoms with E-state index in [0.29, 0.717) is 6.54 Å². The topological polar surface area (TPSA) is 50.1 Å². The van der Waals surface area contributed by atoms with Gasteiger partial charge in [0.15, 0.2) is 0 Å². The Morgan fingerprint density at radius 1 is 1.21 bits per heavy atom. The average molecular weight is 259 g/mol. The van der Waals surface area contributed by atoms with E-state index in [9.17, 15) is 0 Å². The van der Waals surface area contributed by atoms with E-state index in [4.69, 9.17) is 5.11 Å². The fourth-order valence-electron chi connectivity index (χ4n) is 2.26. The molecule has 0 spiro atoms. The van der Waals surface area contributed by atoms with Gasteiger partial charge in [-0.2, -0.15) is 5.10 Å². The van der Waals surface area contributed by atoms with Gasteiger partial charge in [-0.05, 0) is 32.4 Å². The first kappa shape index (κ1) is 13.6. The predicted octanol–water partition coefficient (Wildman–Crippen LogP) is 2.41. The molecule has 0 unspecified atom stereocenters. The van der Waals surface area contributed by atoms with Crippen LogP contribution in [0.1, 0.15) is 22.5 Å². The van der Waals surface area contributed by atoms with Gasteiger partial charge in [0.2, 0.25) is 0 Å². The summed E-state index contributed by atoms with van der Waals surface area (Å²) in [6, 6.07) is 8.25. The van der Waals surface area contributed by atoms with Crippen molar-refractivity contribution in [2.45, 2.75) is 33.9 Å². The smallest absolute Gasteiger partial charge is 0.0646 e. The maximum absolute atomic E-state index is 9.01. The van der Waals surface area contributed by atoms with Crippen LogP contribution in [0.2, 0.25) is 0 Å². The van der Waals surface area contributed by atoms with Gasteiger partial charge in [0.05, 0.1) is 18.8 Å². The molecule has 0 saturated carbocycles. The van der Waals surface area contributed by atoms with Crippen LogP contribution >= 0.6 is 0 Å². The van der Waals surface area contributed by atoms with Gasteiger partial charge in [-0.3, -0.25) is 4.68 Å². The zero-order chi connectivity index (χ0) is 13.8. The number of nitrogens with one attached hydrogen (secondary N) is 1. The highest BCUT2D eigenvalue weighted by Crippen LogP contribution is 2.18. The molecule has 4 heteroatoms. The van der Waals surface area contributed by atoms with E-state index in [-0.39, 0.29) is 6.61 Å². The van der Waals surface area contributed by atoms with Crippen LogP contribution in [-0.2, 0) is 13.1 Å². The average Bonchev–Trinajstić information content (AvgIpc) is 2.65. The number of aliphatic hydroxyl groups excluding tert-OH is 1. The maximum Gasteiger partial charge on any atom is 0.0646 e. The van der Waals surface area contributed by atoms with Crippen molar-refractivity contribution in [3.63, 3.8) is 0 Å². The summed E-state index contributed by atoms with van der Waals surface area (Å²) in [6.45, 7) is 7.58. The van der Waals surface area contributed by atoms with E-state index in [1.54, 1.807) is 0 Å². The number of nitrogens with zero attached hydrogens (tertiary/aromatic N) is 2. The van der Waals surface area contributed by atoms with Crippen LogP contribution < -0.4 is 5.32 Å². The minimum absolute atomic E-state index is 0.118. The van der Waals surface area contributed by atoms with Gasteiger partial charge in [-0.25, -0.2) is 0 Å². The molecule has 4 nitrogen and oxygen atoms in total. The molecular formula is C15H21N3O. The Balaban J connectivity index is 2.14. The van der Waals surface area contributed by atoms with E-state index in [2.05, 4.69) is 29.5 Å². The number of aromatic nitrogens is 2. The molecular weight excluding hydrogens is 238 g/mol. The Labute approximate surface area is 114 Å². The van der Waals surface area contributed by atoms with Crippen molar-refractivity contribution >= 4 is 5.69 Å². The van der Waals surface area contributed by atoms with Crippen molar-refractivity contribution in [1.29, 1.82) is 0 Å². The fourth-order valence-corrected chi connectivity index (χ4v) is 2.26. The summed E-state index contributed by atoms with van der Waals surface area (Å²) in [6.07, 6.45) is 0. The summed E-state index contributed by atoms with van der Waals surface area (Å²) in [7, 11) is 0. The zero-order valence-electron chi connectivity index (χ0n) is 11.8. The lowest BCUT2D eigenvalue weighted by Gasteiger charge is -2.10. The Bertz CT molecular complexity index is 561. The molecule has 0 amide bonds. The number of anilines is 1. The number of aliphatic hydroxyl groups is 1. The molecule has 0 fully saturated rings. The van der Waals surface area contributed by atoms with Crippen LogP contribution in [0.15, 0.2) is 24.3 Å². The highest BCUT2D eigenvalue weighted by Gasteiger charge is 2.11. The summed E-state index contributed by atoms with van der Waals surface area (Å²) in [4.78, 5) is 0. The molecule has 0 bridgehead atoms. The largest absolute Gasteiger partial charge is 0.394 e. The van der Waals surface area contributed by atoms with Crippen LogP contribution in [0, 0.1) is 20.8 Å². The second kappa shape index (κ2) is 5.89. The molecule has 102 valence electrons. The minimum atomic E-state index is 0.118. The van der Waals surface area contributed by atoms with Crippen molar-refractivity contribution in [3.8, 4) is 0 Å². The monoisotopic (exact) mass is 259 g/mol. The molecule has 0 atom stereocenters. The van der Waals surface area contributed by atoms with Crippen molar-refractivity contribution in [2.24, 2.45) is 0 Å². The Morgan fingerprint density at radius 2 is 1.95 bits per heavy atom. The SMILES string of the molecule is Cc1ccccc1NCc1c(C)nn(CCO)c1C. The van der Waals surface area contributed by atoms with Crippen molar-refractivity contribution in [2.75, 3.05) is 11.9 Å². The summed E-state index contributed by atoms with van der Waals surface area (Å²) in [5.41, 5.74) is 5.73. The van der Waals surface area contributed by atoms with Crippen molar-refractivity contribution < 1.29 is 5.11 Å². The lowest BCUT2D eigenvalue weighted by molar-refractivity contribution is 0.268. The lowest BCUT2D eigenvalue weighted by Crippen LogP contribution is -2.07. The number of para-hydroxylation sites is 1. The third-order valence-electron chi connectivity index (χ3n) is 3.44. The lowest BCUT2D eigenvalue weighted by atomic mass is 10.1. The summed E-state index contributed by atoms with van der Waals surface area (Å²) >= 11 is 0. The Kier molecular flexibility index (Phi) is 4.22. The van der Waals surface area contributed by atoms with Gasteiger partial charge in [-0.1, -0.05) is 18.2 Å². The standard InChI is InChI=1S/C15H21N3O/c1-11-6-4-5-7-15(11)16-10-14-12(2)17-18(8-9-19)13(14)3/h4-7,16,19H,8-10H2,1-3H3. The fraction of sp³-hybridized carbons (Fsp3) is 0.400. The summed E-state index contributed by atoms with van der Waals surface area (Å²) in [5.74, 6) is 0. The number of benzene rings is 1. The Morgan fingerprint density at radius 3 is 2.63 bits per heavy atom. The van der Waals surface area contributed by atoms with Gasteiger partial charge in [0.1, 0.15) is 0 Å². The first-order valence-corrected chi connectivity index (χ1v) is 6.56. The second-order valence-corrected chi connectivity index (χ2v) is 4.76. The van der Waals surface area contributed by atoms with E-state index in [0.717, 1.165) is 23.6 Å². The molecule has 1 heterocycles. The van der Waals surface area contributed by atoms with Crippen molar-refractivity contribution in [1.82, 2.24) is 9.78 Å². The van der Waals surface area contributed by atoms with Gasteiger partial charge in [0, 0.05) is 23.5 Å². The summed E-state index contributed by atoms with van der Waals surface area (Å²) in [5, 5.41) is 16.9. The molecule has 1 aromatic carbocycles. The molecule has 0 aliphatic heterocycles. The molecule has 0 aliphatic carbocycles.